The van der Waals surface area contributed by atoms with E-state index < -0.39 is 0 Å². The van der Waals surface area contributed by atoms with Crippen LogP contribution in [0.25, 0.3) is 0 Å². The van der Waals surface area contributed by atoms with Gasteiger partial charge in [0.2, 0.25) is 0 Å². The van der Waals surface area contributed by atoms with Crippen molar-refractivity contribution < 1.29 is 0 Å². The van der Waals surface area contributed by atoms with Gasteiger partial charge in [0, 0.05) is 10.1 Å². The van der Waals surface area contributed by atoms with Gasteiger partial charge in [-0.1, -0.05) is 17.7 Å². The summed E-state index contributed by atoms with van der Waals surface area (Å²) in [5.74, 6) is 0. The Balaban J connectivity index is 2.28. The summed E-state index contributed by atoms with van der Waals surface area (Å²) in [5.41, 5.74) is 1.24. The van der Waals surface area contributed by atoms with Gasteiger partial charge in [0.25, 0.3) is 0 Å². The topological polar surface area (TPSA) is 24.1 Å². The Morgan fingerprint density at radius 2 is 2.13 bits per heavy atom. The second-order valence-corrected chi connectivity index (χ2v) is 4.95. The Morgan fingerprint density at radius 1 is 1.33 bits per heavy atom. The van der Waals surface area contributed by atoms with Crippen LogP contribution in [0.4, 0.5) is 0 Å². The molecule has 0 spiro atoms. The van der Waals surface area contributed by atoms with Crippen LogP contribution in [0.5, 0.6) is 0 Å². The van der Waals surface area contributed by atoms with Crippen molar-refractivity contribution >= 4 is 34.2 Å². The fourth-order valence-electron chi connectivity index (χ4n) is 1.27. The van der Waals surface area contributed by atoms with E-state index in [1.165, 1.54) is 5.56 Å². The Bertz CT molecular complexity index is 305. The number of nitrogens with one attached hydrogen (secondary N) is 2. The minimum absolute atomic E-state index is 0.838. The predicted octanol–water partition coefficient (Wildman–Crippen LogP) is 2.64. The van der Waals surface area contributed by atoms with Gasteiger partial charge in [0.15, 0.2) is 0 Å². The van der Waals surface area contributed by atoms with Gasteiger partial charge in [-0.05, 0) is 66.8 Å². The van der Waals surface area contributed by atoms with Crippen LogP contribution in [0, 0.1) is 3.57 Å². The summed E-state index contributed by atoms with van der Waals surface area (Å²) in [5, 5.41) is 7.34. The number of benzene rings is 1. The van der Waals surface area contributed by atoms with Crippen molar-refractivity contribution in [1.82, 2.24) is 10.6 Å². The number of hydrogen-bond acceptors (Lipinski definition) is 2. The summed E-state index contributed by atoms with van der Waals surface area (Å²) in [6.07, 6.45) is 1.15. The summed E-state index contributed by atoms with van der Waals surface area (Å²) in [6, 6.07) is 6.18. The zero-order valence-corrected chi connectivity index (χ0v) is 11.7. The maximum Gasteiger partial charge on any atom is 0.0542 e. The van der Waals surface area contributed by atoms with E-state index in [4.69, 9.17) is 11.6 Å². The highest BCUT2D eigenvalue weighted by Crippen LogP contribution is 2.19. The summed E-state index contributed by atoms with van der Waals surface area (Å²) < 4.78 is 1.10. The third kappa shape index (κ3) is 5.15. The zero-order chi connectivity index (χ0) is 11.1. The molecular formula is C11H16ClIN2. The van der Waals surface area contributed by atoms with Gasteiger partial charge in [-0.15, -0.1) is 0 Å². The first-order chi connectivity index (χ1) is 7.24. The molecule has 1 aromatic rings. The molecule has 0 amide bonds. The summed E-state index contributed by atoms with van der Waals surface area (Å²) in [7, 11) is 1.97. The SMILES string of the molecule is CNCCCNCc1ccc(I)c(Cl)c1. The first kappa shape index (κ1) is 13.2. The molecule has 84 valence electrons. The lowest BCUT2D eigenvalue weighted by atomic mass is 10.2. The highest BCUT2D eigenvalue weighted by molar-refractivity contribution is 14.1. The molecule has 0 fully saturated rings. The molecule has 0 aliphatic carbocycles. The monoisotopic (exact) mass is 338 g/mol. The van der Waals surface area contributed by atoms with Crippen LogP contribution in [0.1, 0.15) is 12.0 Å². The van der Waals surface area contributed by atoms with Gasteiger partial charge in [-0.3, -0.25) is 0 Å². The maximum absolute atomic E-state index is 6.03. The van der Waals surface area contributed by atoms with Crippen LogP contribution in [0.15, 0.2) is 18.2 Å². The Kier molecular flexibility index (Phi) is 6.56. The van der Waals surface area contributed by atoms with Gasteiger partial charge in [0.1, 0.15) is 0 Å². The molecule has 0 aliphatic heterocycles. The third-order valence-electron chi connectivity index (χ3n) is 2.09. The van der Waals surface area contributed by atoms with Crippen LogP contribution in [0.3, 0.4) is 0 Å². The van der Waals surface area contributed by atoms with E-state index in [2.05, 4.69) is 39.3 Å². The highest BCUT2D eigenvalue weighted by atomic mass is 127. The normalized spacial score (nSPS) is 10.6. The van der Waals surface area contributed by atoms with Crippen molar-refractivity contribution in [1.29, 1.82) is 0 Å². The van der Waals surface area contributed by atoms with E-state index in [0.29, 0.717) is 0 Å². The first-order valence-corrected chi connectivity index (χ1v) is 6.49. The van der Waals surface area contributed by atoms with Crippen molar-refractivity contribution in [2.24, 2.45) is 0 Å². The minimum atomic E-state index is 0.838. The van der Waals surface area contributed by atoms with Crippen molar-refractivity contribution in [3.8, 4) is 0 Å². The molecule has 0 heterocycles. The van der Waals surface area contributed by atoms with E-state index in [-0.39, 0.29) is 0 Å². The third-order valence-corrected chi connectivity index (χ3v) is 3.67. The molecule has 1 aromatic carbocycles. The molecule has 0 radical (unpaired) electrons. The molecule has 15 heavy (non-hydrogen) atoms. The Morgan fingerprint density at radius 3 is 2.80 bits per heavy atom. The molecule has 0 bridgehead atoms. The molecule has 2 nitrogen and oxygen atoms in total. The number of rotatable bonds is 6. The van der Waals surface area contributed by atoms with Crippen LogP contribution >= 0.6 is 34.2 Å². The average molecular weight is 339 g/mol. The molecule has 0 atom stereocenters. The molecule has 0 unspecified atom stereocenters. The van der Waals surface area contributed by atoms with Crippen LogP contribution < -0.4 is 10.6 Å². The van der Waals surface area contributed by atoms with E-state index in [1.54, 1.807) is 0 Å². The average Bonchev–Trinajstić information content (AvgIpc) is 2.23. The summed E-state index contributed by atoms with van der Waals surface area (Å²) >= 11 is 8.27. The molecule has 0 saturated carbocycles. The quantitative estimate of drug-likeness (QED) is 0.615. The number of halogens is 2. The van der Waals surface area contributed by atoms with Crippen molar-refractivity contribution in [3.05, 3.63) is 32.4 Å². The van der Waals surface area contributed by atoms with Crippen molar-refractivity contribution in [2.75, 3.05) is 20.1 Å². The Labute approximate surface area is 110 Å². The first-order valence-electron chi connectivity index (χ1n) is 5.03. The lowest BCUT2D eigenvalue weighted by Crippen LogP contribution is -2.19. The van der Waals surface area contributed by atoms with E-state index in [0.717, 1.165) is 34.6 Å². The zero-order valence-electron chi connectivity index (χ0n) is 8.82. The van der Waals surface area contributed by atoms with E-state index in [1.807, 2.05) is 19.2 Å². The fourth-order valence-corrected chi connectivity index (χ4v) is 1.81. The molecule has 0 aliphatic rings. The molecule has 1 rings (SSSR count). The van der Waals surface area contributed by atoms with Crippen molar-refractivity contribution in [3.63, 3.8) is 0 Å². The molecule has 0 saturated heterocycles. The van der Waals surface area contributed by atoms with Gasteiger partial charge in [0.05, 0.1) is 5.02 Å². The van der Waals surface area contributed by atoms with Gasteiger partial charge >= 0.3 is 0 Å². The van der Waals surface area contributed by atoms with Crippen LogP contribution in [-0.2, 0) is 6.54 Å². The van der Waals surface area contributed by atoms with Gasteiger partial charge < -0.3 is 10.6 Å². The van der Waals surface area contributed by atoms with Crippen LogP contribution in [-0.4, -0.2) is 20.1 Å². The molecule has 0 aromatic heterocycles. The smallest absolute Gasteiger partial charge is 0.0542 e. The Hall–Kier alpha value is 0.160. The number of hydrogen-bond donors (Lipinski definition) is 2. The van der Waals surface area contributed by atoms with Crippen molar-refractivity contribution in [2.45, 2.75) is 13.0 Å². The fraction of sp³-hybridized carbons (Fsp3) is 0.455. The predicted molar refractivity (Wildman–Crippen MR) is 74.4 cm³/mol. The minimum Gasteiger partial charge on any atom is -0.320 e. The summed E-state index contributed by atoms with van der Waals surface area (Å²) in [4.78, 5) is 0. The molecular weight excluding hydrogens is 322 g/mol. The molecule has 4 heteroatoms. The molecule has 2 N–H and O–H groups in total. The standard InChI is InChI=1S/C11H16ClIN2/c1-14-5-2-6-15-8-9-3-4-11(13)10(12)7-9/h3-4,7,14-15H,2,5-6,8H2,1H3. The van der Waals surface area contributed by atoms with Gasteiger partial charge in [-0.2, -0.15) is 0 Å². The van der Waals surface area contributed by atoms with Crippen LogP contribution in [0.2, 0.25) is 5.02 Å². The maximum atomic E-state index is 6.03. The second-order valence-electron chi connectivity index (χ2n) is 3.38. The van der Waals surface area contributed by atoms with E-state index >= 15 is 0 Å². The van der Waals surface area contributed by atoms with Gasteiger partial charge in [-0.25, -0.2) is 0 Å². The second kappa shape index (κ2) is 7.44. The summed E-state index contributed by atoms with van der Waals surface area (Å²) in [6.45, 7) is 2.98. The lowest BCUT2D eigenvalue weighted by Gasteiger charge is -2.05. The lowest BCUT2D eigenvalue weighted by molar-refractivity contribution is 0.625. The largest absolute Gasteiger partial charge is 0.320 e. The van der Waals surface area contributed by atoms with E-state index in [9.17, 15) is 0 Å². The highest BCUT2D eigenvalue weighted by Gasteiger charge is 1.98.